The SMILES string of the molecule is CC(=O)Nc1ccc(SCC2CC(c3ccc(CO)cc3)OC(c3ccc(CNC(=O)CCCCC(=O)O)cc3)O2)cc1. The summed E-state index contributed by atoms with van der Waals surface area (Å²) in [6, 6.07) is 23.3. The molecule has 1 aliphatic heterocycles. The van der Waals surface area contributed by atoms with Crippen LogP contribution in [0.25, 0.3) is 0 Å². The number of carboxylic acids is 1. The number of amides is 2. The lowest BCUT2D eigenvalue weighted by Gasteiger charge is -2.36. The van der Waals surface area contributed by atoms with Crippen molar-refractivity contribution in [2.24, 2.45) is 0 Å². The summed E-state index contributed by atoms with van der Waals surface area (Å²) in [6.45, 7) is 1.84. The van der Waals surface area contributed by atoms with Gasteiger partial charge in [0, 0.05) is 54.6 Å². The molecule has 1 saturated heterocycles. The summed E-state index contributed by atoms with van der Waals surface area (Å²) in [5, 5.41) is 23.8. The Morgan fingerprint density at radius 3 is 2.16 bits per heavy atom. The van der Waals surface area contributed by atoms with Gasteiger partial charge >= 0.3 is 5.97 Å². The summed E-state index contributed by atoms with van der Waals surface area (Å²) >= 11 is 1.68. The van der Waals surface area contributed by atoms with Crippen molar-refractivity contribution in [1.82, 2.24) is 5.32 Å². The number of hydrogen-bond donors (Lipinski definition) is 4. The molecule has 3 unspecified atom stereocenters. The van der Waals surface area contributed by atoms with Gasteiger partial charge in [-0.05, 0) is 53.8 Å². The van der Waals surface area contributed by atoms with E-state index in [0.717, 1.165) is 32.8 Å². The second kappa shape index (κ2) is 16.2. The lowest BCUT2D eigenvalue weighted by atomic mass is 10.0. The number of nitrogens with one attached hydrogen (secondary N) is 2. The van der Waals surface area contributed by atoms with Gasteiger partial charge in [0.25, 0.3) is 0 Å². The third kappa shape index (κ3) is 10.5. The second-order valence-corrected chi connectivity index (χ2v) is 11.6. The third-order valence-electron chi connectivity index (χ3n) is 7.01. The van der Waals surface area contributed by atoms with Crippen LogP contribution < -0.4 is 10.6 Å². The number of aliphatic hydroxyl groups excluding tert-OH is 1. The molecular weight excluding hydrogens is 568 g/mol. The van der Waals surface area contributed by atoms with E-state index < -0.39 is 12.3 Å². The molecule has 2 amide bonds. The van der Waals surface area contributed by atoms with Crippen molar-refractivity contribution in [3.8, 4) is 0 Å². The Labute approximate surface area is 256 Å². The maximum atomic E-state index is 12.1. The van der Waals surface area contributed by atoms with E-state index in [4.69, 9.17) is 14.6 Å². The molecule has 3 aromatic carbocycles. The molecule has 0 bridgehead atoms. The lowest BCUT2D eigenvalue weighted by molar-refractivity contribution is -0.245. The average molecular weight is 607 g/mol. The molecule has 4 N–H and O–H groups in total. The van der Waals surface area contributed by atoms with Gasteiger partial charge in [0.2, 0.25) is 11.8 Å². The second-order valence-electron chi connectivity index (χ2n) is 10.5. The van der Waals surface area contributed by atoms with Crippen molar-refractivity contribution < 1.29 is 34.1 Å². The van der Waals surface area contributed by atoms with Crippen molar-refractivity contribution in [2.75, 3.05) is 11.1 Å². The molecule has 1 aliphatic rings. The maximum Gasteiger partial charge on any atom is 0.303 e. The average Bonchev–Trinajstić information content (AvgIpc) is 3.01. The molecule has 1 heterocycles. The Bertz CT molecular complexity index is 1350. The first-order chi connectivity index (χ1) is 20.8. The molecule has 0 spiro atoms. The zero-order valence-electron chi connectivity index (χ0n) is 24.2. The number of aliphatic hydroxyl groups is 1. The first kappa shape index (κ1) is 32.2. The number of aliphatic carboxylic acids is 1. The van der Waals surface area contributed by atoms with Crippen LogP contribution in [-0.4, -0.2) is 39.9 Å². The van der Waals surface area contributed by atoms with Crippen LogP contribution in [0.5, 0.6) is 0 Å². The fourth-order valence-electron chi connectivity index (χ4n) is 4.69. The highest BCUT2D eigenvalue weighted by molar-refractivity contribution is 7.99. The molecule has 3 atom stereocenters. The first-order valence-corrected chi connectivity index (χ1v) is 15.4. The highest BCUT2D eigenvalue weighted by Gasteiger charge is 2.32. The van der Waals surface area contributed by atoms with Crippen LogP contribution >= 0.6 is 11.8 Å². The predicted octanol–water partition coefficient (Wildman–Crippen LogP) is 5.74. The molecule has 0 saturated carbocycles. The lowest BCUT2D eigenvalue weighted by Crippen LogP contribution is -2.31. The zero-order valence-corrected chi connectivity index (χ0v) is 25.0. The van der Waals surface area contributed by atoms with Crippen molar-refractivity contribution in [3.05, 3.63) is 95.1 Å². The Hall–Kier alpha value is -3.70. The van der Waals surface area contributed by atoms with Crippen LogP contribution in [-0.2, 0) is 37.0 Å². The van der Waals surface area contributed by atoms with Crippen LogP contribution in [0.15, 0.2) is 77.7 Å². The number of carbonyl (C=O) groups is 3. The minimum absolute atomic E-state index is 0.0188. The predicted molar refractivity (Wildman–Crippen MR) is 164 cm³/mol. The van der Waals surface area contributed by atoms with Crippen LogP contribution in [0.2, 0.25) is 0 Å². The highest BCUT2D eigenvalue weighted by atomic mass is 32.2. The number of rotatable bonds is 14. The Kier molecular flexibility index (Phi) is 12.2. The van der Waals surface area contributed by atoms with Crippen LogP contribution in [0.4, 0.5) is 5.69 Å². The summed E-state index contributed by atoms with van der Waals surface area (Å²) in [6.07, 6.45) is 1.19. The van der Waals surface area contributed by atoms with Crippen LogP contribution in [0, 0.1) is 0 Å². The van der Waals surface area contributed by atoms with E-state index in [9.17, 15) is 19.5 Å². The quantitative estimate of drug-likeness (QED) is 0.135. The summed E-state index contributed by atoms with van der Waals surface area (Å²) in [5.41, 5.74) is 4.41. The molecule has 228 valence electrons. The standard InChI is InChI=1S/C33H38N2O7S/c1-22(37)35-27-14-16-29(17-15-27)43-21-28-18-30(25-10-8-24(20-36)9-11-25)42-33(41-28)26-12-6-23(7-13-26)19-34-31(38)4-2-3-5-32(39)40/h6-17,28,30,33,36H,2-5,18-21H2,1H3,(H,34,38)(H,35,37)(H,39,40). The van der Waals surface area contributed by atoms with Crippen LogP contribution in [0.1, 0.15) is 73.7 Å². The van der Waals surface area contributed by atoms with Crippen LogP contribution in [0.3, 0.4) is 0 Å². The molecule has 0 radical (unpaired) electrons. The third-order valence-corrected chi connectivity index (χ3v) is 8.16. The number of carbonyl (C=O) groups excluding carboxylic acids is 2. The summed E-state index contributed by atoms with van der Waals surface area (Å²) in [7, 11) is 0. The highest BCUT2D eigenvalue weighted by Crippen LogP contribution is 2.39. The van der Waals surface area contributed by atoms with E-state index >= 15 is 0 Å². The molecule has 1 fully saturated rings. The normalized spacial score (nSPS) is 18.1. The van der Waals surface area contributed by atoms with E-state index in [1.54, 1.807) is 11.8 Å². The smallest absolute Gasteiger partial charge is 0.303 e. The number of thioether (sulfide) groups is 1. The molecule has 3 aromatic rings. The molecule has 10 heteroatoms. The van der Waals surface area contributed by atoms with E-state index in [1.807, 2.05) is 72.8 Å². The summed E-state index contributed by atoms with van der Waals surface area (Å²) in [5.74, 6) is -0.352. The van der Waals surface area contributed by atoms with Crippen molar-refractivity contribution in [2.45, 2.75) is 75.6 Å². The number of benzene rings is 3. The van der Waals surface area contributed by atoms with E-state index in [1.165, 1.54) is 6.92 Å². The molecule has 0 aromatic heterocycles. The van der Waals surface area contributed by atoms with Gasteiger partial charge in [0.05, 0.1) is 18.8 Å². The number of unbranched alkanes of at least 4 members (excludes halogenated alkanes) is 1. The maximum absolute atomic E-state index is 12.1. The number of ether oxygens (including phenoxy) is 2. The number of hydrogen-bond acceptors (Lipinski definition) is 7. The fraction of sp³-hybridized carbons (Fsp3) is 0.364. The van der Waals surface area contributed by atoms with Crippen molar-refractivity contribution >= 4 is 35.2 Å². The number of carboxylic acid groups (broad SMARTS) is 1. The largest absolute Gasteiger partial charge is 0.481 e. The van der Waals surface area contributed by atoms with E-state index in [-0.39, 0.29) is 37.0 Å². The summed E-state index contributed by atoms with van der Waals surface area (Å²) in [4.78, 5) is 35.1. The molecule has 4 rings (SSSR count). The van der Waals surface area contributed by atoms with Gasteiger partial charge < -0.3 is 30.3 Å². The molecule has 0 aliphatic carbocycles. The van der Waals surface area contributed by atoms with Gasteiger partial charge in [0.1, 0.15) is 0 Å². The van der Waals surface area contributed by atoms with Gasteiger partial charge in [0.15, 0.2) is 6.29 Å². The Balaban J connectivity index is 1.38. The fourth-order valence-corrected chi connectivity index (χ4v) is 5.61. The topological polar surface area (TPSA) is 134 Å². The van der Waals surface area contributed by atoms with Crippen molar-refractivity contribution in [3.63, 3.8) is 0 Å². The zero-order chi connectivity index (χ0) is 30.6. The summed E-state index contributed by atoms with van der Waals surface area (Å²) < 4.78 is 12.9. The monoisotopic (exact) mass is 606 g/mol. The Morgan fingerprint density at radius 1 is 0.860 bits per heavy atom. The Morgan fingerprint density at radius 2 is 1.51 bits per heavy atom. The molecule has 9 nitrogen and oxygen atoms in total. The van der Waals surface area contributed by atoms with Gasteiger partial charge in [-0.15, -0.1) is 11.8 Å². The van der Waals surface area contributed by atoms with Gasteiger partial charge in [-0.1, -0.05) is 48.5 Å². The van der Waals surface area contributed by atoms with Crippen molar-refractivity contribution in [1.29, 1.82) is 0 Å². The van der Waals surface area contributed by atoms with Gasteiger partial charge in [-0.25, -0.2) is 0 Å². The van der Waals surface area contributed by atoms with E-state index in [2.05, 4.69) is 10.6 Å². The molecular formula is C33H38N2O7S. The first-order valence-electron chi connectivity index (χ1n) is 14.4. The van der Waals surface area contributed by atoms with E-state index in [0.29, 0.717) is 38.0 Å². The van der Waals surface area contributed by atoms with Gasteiger partial charge in [-0.3, -0.25) is 14.4 Å². The van der Waals surface area contributed by atoms with Gasteiger partial charge in [-0.2, -0.15) is 0 Å². The minimum atomic E-state index is -0.850. The minimum Gasteiger partial charge on any atom is -0.481 e. The number of anilines is 1. The molecule has 43 heavy (non-hydrogen) atoms.